The molecule has 1 aromatic carbocycles. The summed E-state index contributed by atoms with van der Waals surface area (Å²) in [5.74, 6) is 0.671. The van der Waals surface area contributed by atoms with Gasteiger partial charge in [-0.15, -0.1) is 0 Å². The van der Waals surface area contributed by atoms with Crippen LogP contribution in [0.25, 0.3) is 16.9 Å². The smallest absolute Gasteiger partial charge is 0.153 e. The minimum Gasteiger partial charge on any atom is -0.383 e. The summed E-state index contributed by atoms with van der Waals surface area (Å²) in [6, 6.07) is 10.2. The third kappa shape index (κ3) is 1.92. The minimum atomic E-state index is 0.671. The molecule has 0 aliphatic rings. The number of fused-ring (bicyclic) bond motifs is 1. The molecule has 0 unspecified atom stereocenters. The first-order valence-corrected chi connectivity index (χ1v) is 6.87. The van der Waals surface area contributed by atoms with E-state index in [9.17, 15) is 0 Å². The summed E-state index contributed by atoms with van der Waals surface area (Å²) in [5.41, 5.74) is 11.4. The van der Waals surface area contributed by atoms with Gasteiger partial charge >= 0.3 is 0 Å². The van der Waals surface area contributed by atoms with Gasteiger partial charge < -0.3 is 5.73 Å². The normalized spacial score (nSPS) is 11.1. The standard InChI is InChI=1S/C15H14BrN3/c1-9-5-6-10(2)11(8-9)13-14(17)19-7-3-4-12(16)15(19)18-13/h3-8H,17H2,1-2H3. The van der Waals surface area contributed by atoms with Crippen LogP contribution in [0.4, 0.5) is 5.82 Å². The van der Waals surface area contributed by atoms with E-state index in [1.807, 2.05) is 22.7 Å². The van der Waals surface area contributed by atoms with Gasteiger partial charge in [0.15, 0.2) is 5.65 Å². The van der Waals surface area contributed by atoms with Crippen LogP contribution in [0.5, 0.6) is 0 Å². The number of halogens is 1. The Bertz CT molecular complexity index is 774. The Labute approximate surface area is 120 Å². The Morgan fingerprint density at radius 3 is 2.74 bits per heavy atom. The molecule has 0 aliphatic carbocycles. The summed E-state index contributed by atoms with van der Waals surface area (Å²) < 4.78 is 2.85. The zero-order valence-electron chi connectivity index (χ0n) is 10.8. The summed E-state index contributed by atoms with van der Waals surface area (Å²) in [7, 11) is 0. The van der Waals surface area contributed by atoms with Crippen LogP contribution < -0.4 is 5.73 Å². The second-order valence-corrected chi connectivity index (χ2v) is 5.57. The number of aryl methyl sites for hydroxylation is 2. The molecule has 0 aliphatic heterocycles. The number of nitrogens with two attached hydrogens (primary N) is 1. The monoisotopic (exact) mass is 315 g/mol. The number of benzene rings is 1. The van der Waals surface area contributed by atoms with Crippen LogP contribution in [0, 0.1) is 13.8 Å². The van der Waals surface area contributed by atoms with E-state index in [-0.39, 0.29) is 0 Å². The van der Waals surface area contributed by atoms with Crippen LogP contribution in [-0.2, 0) is 0 Å². The van der Waals surface area contributed by atoms with Crippen molar-refractivity contribution in [2.24, 2.45) is 0 Å². The lowest BCUT2D eigenvalue weighted by Crippen LogP contribution is -1.95. The first-order valence-electron chi connectivity index (χ1n) is 6.07. The van der Waals surface area contributed by atoms with Crippen molar-refractivity contribution in [3.63, 3.8) is 0 Å². The molecule has 3 nitrogen and oxygen atoms in total. The van der Waals surface area contributed by atoms with Crippen molar-refractivity contribution in [2.75, 3.05) is 5.73 Å². The summed E-state index contributed by atoms with van der Waals surface area (Å²) in [4.78, 5) is 4.68. The number of anilines is 1. The molecular formula is C15H14BrN3. The van der Waals surface area contributed by atoms with Crippen molar-refractivity contribution in [3.05, 3.63) is 52.1 Å². The van der Waals surface area contributed by atoms with E-state index in [2.05, 4.69) is 53.0 Å². The summed E-state index contributed by atoms with van der Waals surface area (Å²) in [6.45, 7) is 4.15. The summed E-state index contributed by atoms with van der Waals surface area (Å²) in [6.07, 6.45) is 1.93. The van der Waals surface area contributed by atoms with Gasteiger partial charge in [0.25, 0.3) is 0 Å². The number of rotatable bonds is 1. The molecule has 3 rings (SSSR count). The maximum absolute atomic E-state index is 6.24. The van der Waals surface area contributed by atoms with Gasteiger partial charge in [0.05, 0.1) is 4.47 Å². The molecule has 96 valence electrons. The van der Waals surface area contributed by atoms with E-state index in [4.69, 9.17) is 5.73 Å². The molecule has 0 spiro atoms. The van der Waals surface area contributed by atoms with E-state index in [0.29, 0.717) is 5.82 Å². The van der Waals surface area contributed by atoms with Gasteiger partial charge in [-0.2, -0.15) is 0 Å². The molecule has 2 N–H and O–H groups in total. The topological polar surface area (TPSA) is 43.3 Å². The van der Waals surface area contributed by atoms with Gasteiger partial charge in [0, 0.05) is 11.8 Å². The molecule has 4 heteroatoms. The SMILES string of the molecule is Cc1ccc(C)c(-c2nc3c(Br)cccn3c2N)c1. The largest absolute Gasteiger partial charge is 0.383 e. The number of hydrogen-bond acceptors (Lipinski definition) is 2. The molecule has 0 bridgehead atoms. The van der Waals surface area contributed by atoms with Crippen molar-refractivity contribution in [3.8, 4) is 11.3 Å². The zero-order valence-corrected chi connectivity index (χ0v) is 12.4. The quantitative estimate of drug-likeness (QED) is 0.738. The number of pyridine rings is 1. The van der Waals surface area contributed by atoms with Crippen LogP contribution in [-0.4, -0.2) is 9.38 Å². The van der Waals surface area contributed by atoms with Gasteiger partial charge in [-0.25, -0.2) is 4.98 Å². The number of imidazole rings is 1. The molecule has 0 amide bonds. The highest BCUT2D eigenvalue weighted by Gasteiger charge is 2.14. The van der Waals surface area contributed by atoms with Crippen molar-refractivity contribution in [1.82, 2.24) is 9.38 Å². The Morgan fingerprint density at radius 1 is 1.21 bits per heavy atom. The molecule has 0 atom stereocenters. The highest BCUT2D eigenvalue weighted by Crippen LogP contribution is 2.31. The van der Waals surface area contributed by atoms with Gasteiger partial charge in [-0.1, -0.05) is 17.7 Å². The molecule has 2 heterocycles. The Balaban J connectivity index is 2.34. The predicted octanol–water partition coefficient (Wildman–Crippen LogP) is 3.96. The summed E-state index contributed by atoms with van der Waals surface area (Å²) in [5, 5.41) is 0. The van der Waals surface area contributed by atoms with E-state index in [0.717, 1.165) is 21.4 Å². The maximum Gasteiger partial charge on any atom is 0.153 e. The van der Waals surface area contributed by atoms with Crippen molar-refractivity contribution in [1.29, 1.82) is 0 Å². The second kappa shape index (κ2) is 4.38. The minimum absolute atomic E-state index is 0.671. The van der Waals surface area contributed by atoms with Gasteiger partial charge in [-0.05, 0) is 53.5 Å². The molecule has 3 aromatic rings. The third-order valence-electron chi connectivity index (χ3n) is 3.29. The number of hydrogen-bond donors (Lipinski definition) is 1. The van der Waals surface area contributed by atoms with Crippen LogP contribution in [0.15, 0.2) is 41.0 Å². The molecule has 0 saturated carbocycles. The molecular weight excluding hydrogens is 302 g/mol. The fraction of sp³-hybridized carbons (Fsp3) is 0.133. The zero-order chi connectivity index (χ0) is 13.6. The van der Waals surface area contributed by atoms with Crippen LogP contribution in [0.3, 0.4) is 0 Å². The second-order valence-electron chi connectivity index (χ2n) is 4.71. The molecule has 0 radical (unpaired) electrons. The number of nitrogen functional groups attached to an aromatic ring is 1. The molecule has 0 saturated heterocycles. The molecule has 0 fully saturated rings. The average molecular weight is 316 g/mol. The first-order chi connectivity index (χ1) is 9.08. The molecule has 19 heavy (non-hydrogen) atoms. The number of aromatic nitrogens is 2. The maximum atomic E-state index is 6.24. The van der Waals surface area contributed by atoms with Gasteiger partial charge in [-0.3, -0.25) is 4.40 Å². The number of nitrogens with zero attached hydrogens (tertiary/aromatic N) is 2. The van der Waals surface area contributed by atoms with Crippen molar-refractivity contribution in [2.45, 2.75) is 13.8 Å². The van der Waals surface area contributed by atoms with E-state index in [1.165, 1.54) is 11.1 Å². The van der Waals surface area contributed by atoms with Crippen LogP contribution >= 0.6 is 15.9 Å². The van der Waals surface area contributed by atoms with Crippen LogP contribution in [0.2, 0.25) is 0 Å². The highest BCUT2D eigenvalue weighted by atomic mass is 79.9. The first kappa shape index (κ1) is 12.2. The van der Waals surface area contributed by atoms with E-state index >= 15 is 0 Å². The third-order valence-corrected chi connectivity index (χ3v) is 3.91. The Hall–Kier alpha value is -1.81. The lowest BCUT2D eigenvalue weighted by Gasteiger charge is -2.05. The Kier molecular flexibility index (Phi) is 2.82. The predicted molar refractivity (Wildman–Crippen MR) is 82.2 cm³/mol. The van der Waals surface area contributed by atoms with E-state index in [1.54, 1.807) is 0 Å². The lowest BCUT2D eigenvalue weighted by molar-refractivity contribution is 1.19. The van der Waals surface area contributed by atoms with Crippen LogP contribution in [0.1, 0.15) is 11.1 Å². The highest BCUT2D eigenvalue weighted by molar-refractivity contribution is 9.10. The fourth-order valence-electron chi connectivity index (χ4n) is 2.24. The lowest BCUT2D eigenvalue weighted by atomic mass is 10.0. The summed E-state index contributed by atoms with van der Waals surface area (Å²) >= 11 is 3.51. The fourth-order valence-corrected chi connectivity index (χ4v) is 2.67. The average Bonchev–Trinajstić information content (AvgIpc) is 2.72. The van der Waals surface area contributed by atoms with Gasteiger partial charge in [0.1, 0.15) is 11.5 Å². The van der Waals surface area contributed by atoms with E-state index < -0.39 is 0 Å². The van der Waals surface area contributed by atoms with Crippen molar-refractivity contribution >= 4 is 27.4 Å². The van der Waals surface area contributed by atoms with Gasteiger partial charge in [0.2, 0.25) is 0 Å². The Morgan fingerprint density at radius 2 is 2.00 bits per heavy atom. The molecule has 2 aromatic heterocycles. The van der Waals surface area contributed by atoms with Crippen molar-refractivity contribution < 1.29 is 0 Å².